The van der Waals surface area contributed by atoms with Crippen LogP contribution in [0.15, 0.2) is 84.7 Å². The molecule has 1 N–H and O–H groups in total. The number of ether oxygens (including phenoxy) is 1. The maximum Gasteiger partial charge on any atom is 0.341 e. The first kappa shape index (κ1) is 23.5. The number of hydroxylamine groups is 1. The van der Waals surface area contributed by atoms with Crippen LogP contribution in [0, 0.1) is 0 Å². The van der Waals surface area contributed by atoms with Crippen molar-refractivity contribution in [2.75, 3.05) is 11.7 Å². The third-order valence-corrected chi connectivity index (χ3v) is 5.97. The van der Waals surface area contributed by atoms with Crippen LogP contribution in [-0.2, 0) is 29.1 Å². The van der Waals surface area contributed by atoms with Crippen molar-refractivity contribution in [2.24, 2.45) is 0 Å². The van der Waals surface area contributed by atoms with Crippen LogP contribution in [-0.4, -0.2) is 28.7 Å². The summed E-state index contributed by atoms with van der Waals surface area (Å²) in [4.78, 5) is 21.3. The number of carbonyl (C=O) groups is 1. The summed E-state index contributed by atoms with van der Waals surface area (Å²) < 4.78 is 5.52. The van der Waals surface area contributed by atoms with Crippen LogP contribution < -0.4 is 9.80 Å². The predicted molar refractivity (Wildman–Crippen MR) is 132 cm³/mol. The Morgan fingerprint density at radius 1 is 1.09 bits per heavy atom. The van der Waals surface area contributed by atoms with Crippen molar-refractivity contribution in [3.05, 3.63) is 101 Å². The molecule has 0 saturated carbocycles. The number of carboxylic acids is 1. The molecule has 1 aliphatic rings. The molecule has 176 valence electrons. The molecule has 0 aliphatic heterocycles. The highest BCUT2D eigenvalue weighted by Gasteiger charge is 2.22. The Kier molecular flexibility index (Phi) is 7.94. The number of hydrogen-bond donors (Lipinski definition) is 1. The Morgan fingerprint density at radius 2 is 1.88 bits per heavy atom. The van der Waals surface area contributed by atoms with Crippen LogP contribution in [0.4, 0.5) is 5.69 Å². The smallest absolute Gasteiger partial charge is 0.341 e. The zero-order chi connectivity index (χ0) is 23.8. The summed E-state index contributed by atoms with van der Waals surface area (Å²) in [6, 6.07) is 20.1. The van der Waals surface area contributed by atoms with Crippen molar-refractivity contribution in [3.8, 4) is 5.75 Å². The third-order valence-electron chi connectivity index (χ3n) is 5.97. The number of allylic oxidation sites excluding steroid dienone is 1. The van der Waals surface area contributed by atoms with Gasteiger partial charge in [-0.25, -0.2) is 9.86 Å². The van der Waals surface area contributed by atoms with E-state index >= 15 is 0 Å². The molecule has 4 rings (SSSR count). The molecule has 0 amide bonds. The lowest BCUT2D eigenvalue weighted by Gasteiger charge is -2.31. The zero-order valence-corrected chi connectivity index (χ0v) is 19.4. The molecular formula is C28H30N2O4. The summed E-state index contributed by atoms with van der Waals surface area (Å²) in [6.07, 6.45) is 9.33. The number of pyridine rings is 1. The van der Waals surface area contributed by atoms with Crippen molar-refractivity contribution in [1.29, 1.82) is 0 Å². The number of hydrogen-bond acceptors (Lipinski definition) is 5. The average Bonchev–Trinajstić information content (AvgIpc) is 2.87. The number of para-hydroxylation sites is 1. The minimum atomic E-state index is -0.965. The quantitative estimate of drug-likeness (QED) is 0.325. The maximum atomic E-state index is 10.9. The van der Waals surface area contributed by atoms with E-state index in [2.05, 4.69) is 36.2 Å². The fourth-order valence-electron chi connectivity index (χ4n) is 4.28. The van der Waals surface area contributed by atoms with Gasteiger partial charge in [0.2, 0.25) is 0 Å². The van der Waals surface area contributed by atoms with Gasteiger partial charge in [0.1, 0.15) is 12.4 Å². The monoisotopic (exact) mass is 458 g/mol. The number of anilines is 1. The van der Waals surface area contributed by atoms with E-state index in [0.29, 0.717) is 12.4 Å². The van der Waals surface area contributed by atoms with Gasteiger partial charge in [-0.3, -0.25) is 9.82 Å². The average molecular weight is 459 g/mol. The number of nitrogens with zero attached hydrogens (tertiary/aromatic N) is 2. The van der Waals surface area contributed by atoms with Crippen molar-refractivity contribution >= 4 is 11.7 Å². The molecule has 3 aromatic rings. The van der Waals surface area contributed by atoms with Crippen LogP contribution in [0.25, 0.3) is 0 Å². The summed E-state index contributed by atoms with van der Waals surface area (Å²) in [5, 5.41) is 11.0. The standard InChI is InChI=1S/C28H30N2O4/c1-2-24(30(25-8-4-3-5-9-25)34-19-21-13-15-29-16-14-21)18-22-11-12-26-23(17-22)7-6-10-27(26)33-20-28(31)32/h3-10,13-16,18,24H,2,11-12,17,19-20H2,1H3,(H,31,32). The van der Waals surface area contributed by atoms with Gasteiger partial charge in [-0.15, -0.1) is 0 Å². The largest absolute Gasteiger partial charge is 0.482 e. The summed E-state index contributed by atoms with van der Waals surface area (Å²) in [5.74, 6) is -0.287. The van der Waals surface area contributed by atoms with Crippen molar-refractivity contribution in [2.45, 2.75) is 45.3 Å². The third kappa shape index (κ3) is 6.02. The molecule has 0 spiro atoms. The highest BCUT2D eigenvalue weighted by molar-refractivity contribution is 5.68. The van der Waals surface area contributed by atoms with E-state index in [0.717, 1.165) is 42.5 Å². The van der Waals surface area contributed by atoms with Gasteiger partial charge in [0.05, 0.1) is 11.7 Å². The molecule has 1 aromatic heterocycles. The van der Waals surface area contributed by atoms with E-state index in [-0.39, 0.29) is 12.6 Å². The van der Waals surface area contributed by atoms with E-state index in [1.165, 1.54) is 11.1 Å². The molecule has 0 radical (unpaired) electrons. The Balaban J connectivity index is 1.54. The Hall–Kier alpha value is -3.64. The molecule has 0 saturated heterocycles. The second-order valence-electron chi connectivity index (χ2n) is 8.34. The van der Waals surface area contributed by atoms with Crippen LogP contribution in [0.3, 0.4) is 0 Å². The van der Waals surface area contributed by atoms with Crippen molar-refractivity contribution < 1.29 is 19.5 Å². The van der Waals surface area contributed by atoms with E-state index in [4.69, 9.17) is 14.7 Å². The lowest BCUT2D eigenvalue weighted by atomic mass is 9.86. The zero-order valence-electron chi connectivity index (χ0n) is 19.4. The minimum absolute atomic E-state index is 0.0761. The lowest BCUT2D eigenvalue weighted by Crippen LogP contribution is -2.34. The van der Waals surface area contributed by atoms with E-state index < -0.39 is 5.97 Å². The molecule has 1 atom stereocenters. The van der Waals surface area contributed by atoms with Gasteiger partial charge in [-0.1, -0.05) is 48.9 Å². The van der Waals surface area contributed by atoms with Crippen molar-refractivity contribution in [1.82, 2.24) is 4.98 Å². The fraction of sp³-hybridized carbons (Fsp3) is 0.286. The first-order chi connectivity index (χ1) is 16.6. The Labute approximate surface area is 200 Å². The number of aromatic nitrogens is 1. The van der Waals surface area contributed by atoms with Crippen LogP contribution >= 0.6 is 0 Å². The highest BCUT2D eigenvalue weighted by atomic mass is 16.7. The fourth-order valence-corrected chi connectivity index (χ4v) is 4.28. The van der Waals surface area contributed by atoms with Gasteiger partial charge < -0.3 is 9.84 Å². The molecule has 1 aliphatic carbocycles. The summed E-state index contributed by atoms with van der Waals surface area (Å²) in [7, 11) is 0. The molecule has 1 unspecified atom stereocenters. The first-order valence-electron chi connectivity index (χ1n) is 11.6. The van der Waals surface area contributed by atoms with Gasteiger partial charge >= 0.3 is 5.97 Å². The molecule has 6 heteroatoms. The SMILES string of the molecule is CCC(C=C1CCc2c(cccc2OCC(=O)O)C1)N(OCc1ccncc1)c1ccccc1. The Morgan fingerprint density at radius 3 is 2.62 bits per heavy atom. The van der Waals surface area contributed by atoms with E-state index in [1.54, 1.807) is 12.4 Å². The normalized spacial score (nSPS) is 14.9. The molecular weight excluding hydrogens is 428 g/mol. The van der Waals surface area contributed by atoms with Gasteiger partial charge in [0.25, 0.3) is 0 Å². The molecule has 2 aromatic carbocycles. The summed E-state index contributed by atoms with van der Waals surface area (Å²) >= 11 is 0. The van der Waals surface area contributed by atoms with Crippen LogP contribution in [0.1, 0.15) is 36.5 Å². The predicted octanol–water partition coefficient (Wildman–Crippen LogP) is 5.38. The number of aliphatic carboxylic acids is 1. The van der Waals surface area contributed by atoms with Crippen molar-refractivity contribution in [3.63, 3.8) is 0 Å². The van der Waals surface area contributed by atoms with Crippen LogP contribution in [0.5, 0.6) is 5.75 Å². The van der Waals surface area contributed by atoms with Crippen LogP contribution in [0.2, 0.25) is 0 Å². The highest BCUT2D eigenvalue weighted by Crippen LogP contribution is 2.33. The number of carboxylic acid groups (broad SMARTS) is 1. The van der Waals surface area contributed by atoms with Gasteiger partial charge in [-0.05, 0) is 72.7 Å². The molecule has 34 heavy (non-hydrogen) atoms. The second-order valence-corrected chi connectivity index (χ2v) is 8.34. The minimum Gasteiger partial charge on any atom is -0.482 e. The van der Waals surface area contributed by atoms with Gasteiger partial charge in [0.15, 0.2) is 6.61 Å². The Bertz CT molecular complexity index is 1120. The topological polar surface area (TPSA) is 71.9 Å². The molecule has 6 nitrogen and oxygen atoms in total. The van der Waals surface area contributed by atoms with Gasteiger partial charge in [0, 0.05) is 12.4 Å². The van der Waals surface area contributed by atoms with Gasteiger partial charge in [-0.2, -0.15) is 0 Å². The second kappa shape index (κ2) is 11.5. The lowest BCUT2D eigenvalue weighted by molar-refractivity contribution is -0.139. The maximum absolute atomic E-state index is 10.9. The summed E-state index contributed by atoms with van der Waals surface area (Å²) in [6.45, 7) is 2.31. The summed E-state index contributed by atoms with van der Waals surface area (Å²) in [5.41, 5.74) is 5.74. The number of fused-ring (bicyclic) bond motifs is 1. The first-order valence-corrected chi connectivity index (χ1v) is 11.6. The molecule has 1 heterocycles. The van der Waals surface area contributed by atoms with E-state index in [1.807, 2.05) is 47.5 Å². The number of benzene rings is 2. The van der Waals surface area contributed by atoms with E-state index in [9.17, 15) is 4.79 Å². The molecule has 0 bridgehead atoms. The number of rotatable bonds is 10. The molecule has 0 fully saturated rings.